The van der Waals surface area contributed by atoms with Crippen molar-refractivity contribution in [3.63, 3.8) is 0 Å². The second kappa shape index (κ2) is 3.70. The summed E-state index contributed by atoms with van der Waals surface area (Å²) < 4.78 is 5.00. The van der Waals surface area contributed by atoms with E-state index >= 15 is 0 Å². The largest absolute Gasteiger partial charge is 0.532 e. The van der Waals surface area contributed by atoms with Gasteiger partial charge in [-0.25, -0.2) is 9.80 Å². The molecule has 4 rings (SSSR count). The van der Waals surface area contributed by atoms with Crippen LogP contribution in [0.1, 0.15) is 19.3 Å². The van der Waals surface area contributed by atoms with E-state index in [1.807, 2.05) is 0 Å². The van der Waals surface area contributed by atoms with Crippen LogP contribution in [0.15, 0.2) is 24.6 Å². The Hall–Kier alpha value is -1.58. The van der Waals surface area contributed by atoms with Gasteiger partial charge in [-0.3, -0.25) is 0 Å². The van der Waals surface area contributed by atoms with Crippen LogP contribution in [0.2, 0.25) is 0 Å². The quantitative estimate of drug-likeness (QED) is 0.579. The molecule has 0 atom stereocenters. The van der Waals surface area contributed by atoms with Crippen LogP contribution >= 0.6 is 0 Å². The molecule has 0 bridgehead atoms. The van der Waals surface area contributed by atoms with Gasteiger partial charge in [0.25, 0.3) is 0 Å². The molecule has 4 aliphatic heterocycles. The van der Waals surface area contributed by atoms with Gasteiger partial charge in [-0.1, -0.05) is 0 Å². The molecule has 4 heterocycles. The summed E-state index contributed by atoms with van der Waals surface area (Å²) in [5.74, 6) is -0.0851. The third-order valence-electron chi connectivity index (χ3n) is 4.45. The molecule has 0 amide bonds. The molecule has 4 nitrogen and oxygen atoms in total. The average Bonchev–Trinajstić information content (AvgIpc) is 2.61. The highest BCUT2D eigenvalue weighted by atomic mass is 15.7. The Kier molecular flexibility index (Phi) is 2.13. The van der Waals surface area contributed by atoms with Gasteiger partial charge in [0.2, 0.25) is 0 Å². The topological polar surface area (TPSA) is 12.5 Å². The zero-order valence-corrected chi connectivity index (χ0v) is 10.7. The van der Waals surface area contributed by atoms with Crippen molar-refractivity contribution in [1.82, 2.24) is 9.80 Å². The van der Waals surface area contributed by atoms with Gasteiger partial charge in [0, 0.05) is 37.6 Å². The highest BCUT2D eigenvalue weighted by Gasteiger charge is 2.64. The van der Waals surface area contributed by atoms with Gasteiger partial charge in [0.05, 0.1) is 6.42 Å². The van der Waals surface area contributed by atoms with Gasteiger partial charge in [-0.05, 0) is 12.8 Å². The lowest BCUT2D eigenvalue weighted by Crippen LogP contribution is -2.74. The number of hydrogen-bond donors (Lipinski definition) is 0. The SMILES string of the molecule is C1=CN2CCCCN3C=CC=[N+]4CCC[N+](=C1)C234. The molecule has 2 fully saturated rings. The molecular formula is C14H20N4+2. The van der Waals surface area contributed by atoms with E-state index in [1.165, 1.54) is 19.3 Å². The maximum atomic E-state index is 2.51. The molecule has 18 heavy (non-hydrogen) atoms. The highest BCUT2D eigenvalue weighted by Crippen LogP contribution is 2.33. The first kappa shape index (κ1) is 10.4. The fourth-order valence-corrected chi connectivity index (χ4v) is 3.76. The maximum Gasteiger partial charge on any atom is 0.532 e. The van der Waals surface area contributed by atoms with E-state index in [9.17, 15) is 0 Å². The lowest BCUT2D eigenvalue weighted by molar-refractivity contribution is -0.892. The summed E-state index contributed by atoms with van der Waals surface area (Å²) in [6, 6.07) is 0. The average molecular weight is 244 g/mol. The number of nitrogens with zero attached hydrogens (tertiary/aromatic N) is 4. The third kappa shape index (κ3) is 1.15. The molecule has 0 unspecified atom stereocenters. The zero-order chi connectivity index (χ0) is 12.0. The van der Waals surface area contributed by atoms with Crippen LogP contribution in [-0.4, -0.2) is 63.5 Å². The van der Waals surface area contributed by atoms with E-state index in [1.54, 1.807) is 0 Å². The fourth-order valence-electron chi connectivity index (χ4n) is 3.76. The summed E-state index contributed by atoms with van der Waals surface area (Å²) in [6.45, 7) is 4.59. The minimum absolute atomic E-state index is 0.0851. The lowest BCUT2D eigenvalue weighted by atomic mass is 10.2. The Morgan fingerprint density at radius 2 is 1.33 bits per heavy atom. The van der Waals surface area contributed by atoms with Crippen LogP contribution < -0.4 is 0 Å². The van der Waals surface area contributed by atoms with Crippen molar-refractivity contribution >= 4 is 12.4 Å². The van der Waals surface area contributed by atoms with Crippen molar-refractivity contribution in [1.29, 1.82) is 0 Å². The van der Waals surface area contributed by atoms with Crippen molar-refractivity contribution in [2.75, 3.05) is 26.2 Å². The van der Waals surface area contributed by atoms with Crippen molar-refractivity contribution in [3.05, 3.63) is 24.6 Å². The van der Waals surface area contributed by atoms with Crippen molar-refractivity contribution in [2.24, 2.45) is 0 Å². The van der Waals surface area contributed by atoms with Gasteiger partial charge in [-0.2, -0.15) is 0 Å². The van der Waals surface area contributed by atoms with Crippen LogP contribution in [0.25, 0.3) is 0 Å². The molecule has 0 radical (unpaired) electrons. The molecule has 2 saturated heterocycles. The first-order chi connectivity index (χ1) is 8.92. The summed E-state index contributed by atoms with van der Waals surface area (Å²) in [5.41, 5.74) is 0. The molecule has 0 aromatic rings. The van der Waals surface area contributed by atoms with Crippen LogP contribution in [0, 0.1) is 0 Å². The normalized spacial score (nSPS) is 28.0. The molecule has 94 valence electrons. The van der Waals surface area contributed by atoms with Gasteiger partial charge < -0.3 is 0 Å². The Morgan fingerprint density at radius 3 is 1.89 bits per heavy atom. The predicted octanol–water partition coefficient (Wildman–Crippen LogP) is 0.620. The molecule has 0 saturated carbocycles. The maximum absolute atomic E-state index is 2.51. The highest BCUT2D eigenvalue weighted by molar-refractivity contribution is 5.68. The minimum atomic E-state index is -0.0851. The van der Waals surface area contributed by atoms with E-state index < -0.39 is 0 Å². The number of rotatable bonds is 0. The smallest absolute Gasteiger partial charge is 0.238 e. The second-order valence-corrected chi connectivity index (χ2v) is 5.42. The Balaban J connectivity index is 1.93. The first-order valence-electron chi connectivity index (χ1n) is 7.03. The van der Waals surface area contributed by atoms with E-state index in [4.69, 9.17) is 0 Å². The second-order valence-electron chi connectivity index (χ2n) is 5.42. The monoisotopic (exact) mass is 244 g/mol. The summed E-state index contributed by atoms with van der Waals surface area (Å²) >= 11 is 0. The van der Waals surface area contributed by atoms with E-state index in [-0.39, 0.29) is 5.91 Å². The molecule has 4 heteroatoms. The van der Waals surface area contributed by atoms with E-state index in [2.05, 4.69) is 55.9 Å². The van der Waals surface area contributed by atoms with E-state index in [0.717, 1.165) is 26.2 Å². The zero-order valence-electron chi connectivity index (χ0n) is 10.7. The van der Waals surface area contributed by atoms with Gasteiger partial charge >= 0.3 is 5.91 Å². The van der Waals surface area contributed by atoms with Gasteiger partial charge in [0.1, 0.15) is 0 Å². The minimum Gasteiger partial charge on any atom is -0.238 e. The Labute approximate surface area is 108 Å². The standard InChI is InChI=1S/C14H20N4/c1-2-7-16-9-4-11-18-13-5-12-17-10-3-8-15(6-1)14(16,17)18/h3-4,8-11H,1-2,5-7,12-13H2/q+2. The fraction of sp³-hybridized carbons (Fsp3) is 0.571. The molecule has 0 aliphatic carbocycles. The molecule has 0 aromatic heterocycles. The molecular weight excluding hydrogens is 224 g/mol. The Morgan fingerprint density at radius 1 is 0.778 bits per heavy atom. The molecule has 0 N–H and O–H groups in total. The van der Waals surface area contributed by atoms with Crippen LogP contribution in [0.4, 0.5) is 0 Å². The van der Waals surface area contributed by atoms with Crippen molar-refractivity contribution in [2.45, 2.75) is 25.2 Å². The van der Waals surface area contributed by atoms with Crippen LogP contribution in [0.5, 0.6) is 0 Å². The summed E-state index contributed by atoms with van der Waals surface area (Å²) in [6.07, 6.45) is 17.2. The summed E-state index contributed by atoms with van der Waals surface area (Å²) in [5, 5.41) is 0. The van der Waals surface area contributed by atoms with Gasteiger partial charge in [-0.15, -0.1) is 9.15 Å². The summed E-state index contributed by atoms with van der Waals surface area (Å²) in [7, 11) is 0. The van der Waals surface area contributed by atoms with Crippen molar-refractivity contribution in [3.8, 4) is 0 Å². The third-order valence-corrected chi connectivity index (χ3v) is 4.45. The van der Waals surface area contributed by atoms with Crippen LogP contribution in [0.3, 0.4) is 0 Å². The van der Waals surface area contributed by atoms with E-state index in [0.29, 0.717) is 0 Å². The number of hydrogen-bond acceptors (Lipinski definition) is 2. The predicted molar refractivity (Wildman–Crippen MR) is 70.7 cm³/mol. The first-order valence-corrected chi connectivity index (χ1v) is 7.03. The molecule has 0 aromatic carbocycles. The summed E-state index contributed by atoms with van der Waals surface area (Å²) in [4.78, 5) is 5.03. The van der Waals surface area contributed by atoms with Crippen molar-refractivity contribution < 1.29 is 9.15 Å². The number of allylic oxidation sites excluding steroid dienone is 2. The van der Waals surface area contributed by atoms with Gasteiger partial charge in [0.15, 0.2) is 25.5 Å². The molecule has 1 spiro atoms. The Bertz CT molecular complexity index is 442. The lowest BCUT2D eigenvalue weighted by Gasteiger charge is -2.43. The molecule has 4 aliphatic rings. The van der Waals surface area contributed by atoms with Crippen LogP contribution in [-0.2, 0) is 0 Å².